The van der Waals surface area contributed by atoms with Crippen LogP contribution in [0.1, 0.15) is 21.7 Å². The molecule has 2 aromatic heterocycles. The molecule has 1 N–H and O–H groups in total. The molecule has 0 spiro atoms. The van der Waals surface area contributed by atoms with Crippen molar-refractivity contribution in [2.75, 3.05) is 37.7 Å². The SMILES string of the molecule is O=C(c1cc(-c2ccc(F)cc2)c[nH]1)N1CCc2cnc(N3CCOCC3)nc2C1. The largest absolute Gasteiger partial charge is 0.378 e. The van der Waals surface area contributed by atoms with Crippen molar-refractivity contribution in [3.8, 4) is 11.1 Å². The Morgan fingerprint density at radius 1 is 1.10 bits per heavy atom. The number of aromatic nitrogens is 3. The third-order valence-electron chi connectivity index (χ3n) is 5.61. The molecule has 0 unspecified atom stereocenters. The molecule has 4 heterocycles. The molecule has 154 valence electrons. The van der Waals surface area contributed by atoms with Gasteiger partial charge in [0.15, 0.2) is 0 Å². The Labute approximate surface area is 173 Å². The predicted octanol–water partition coefficient (Wildman–Crippen LogP) is 2.65. The zero-order valence-electron chi connectivity index (χ0n) is 16.5. The van der Waals surface area contributed by atoms with Crippen LogP contribution < -0.4 is 4.90 Å². The van der Waals surface area contributed by atoms with Crippen LogP contribution in [0.15, 0.2) is 42.7 Å². The summed E-state index contributed by atoms with van der Waals surface area (Å²) in [5, 5.41) is 0. The van der Waals surface area contributed by atoms with Gasteiger partial charge in [0.2, 0.25) is 5.95 Å². The van der Waals surface area contributed by atoms with Crippen LogP contribution in [0.5, 0.6) is 0 Å². The van der Waals surface area contributed by atoms with Crippen LogP contribution in [0.2, 0.25) is 0 Å². The van der Waals surface area contributed by atoms with Crippen LogP contribution in [0.4, 0.5) is 10.3 Å². The van der Waals surface area contributed by atoms with Gasteiger partial charge in [0, 0.05) is 32.0 Å². The smallest absolute Gasteiger partial charge is 0.270 e. The summed E-state index contributed by atoms with van der Waals surface area (Å²) in [6.07, 6.45) is 4.39. The van der Waals surface area contributed by atoms with E-state index in [-0.39, 0.29) is 11.7 Å². The van der Waals surface area contributed by atoms with Gasteiger partial charge in [0.1, 0.15) is 11.5 Å². The zero-order valence-corrected chi connectivity index (χ0v) is 16.5. The summed E-state index contributed by atoms with van der Waals surface area (Å²) in [6.45, 7) is 3.98. The molecule has 3 aromatic rings. The molecule has 30 heavy (non-hydrogen) atoms. The molecule has 0 radical (unpaired) electrons. The summed E-state index contributed by atoms with van der Waals surface area (Å²) in [5.74, 6) is 0.348. The topological polar surface area (TPSA) is 74.4 Å². The first-order valence-corrected chi connectivity index (χ1v) is 10.1. The summed E-state index contributed by atoms with van der Waals surface area (Å²) in [4.78, 5) is 29.3. The zero-order chi connectivity index (χ0) is 20.5. The van der Waals surface area contributed by atoms with Crippen LogP contribution >= 0.6 is 0 Å². The molecular formula is C22H22FN5O2. The number of benzene rings is 1. The Kier molecular flexibility index (Phi) is 4.92. The number of amides is 1. The molecule has 1 amide bonds. The molecule has 8 heteroatoms. The number of rotatable bonds is 3. The number of nitrogens with zero attached hydrogens (tertiary/aromatic N) is 4. The summed E-state index contributed by atoms with van der Waals surface area (Å²) in [6, 6.07) is 8.04. The number of aromatic amines is 1. The standard InChI is InChI=1S/C22H22FN5O2/c23-18-3-1-15(2-4-18)17-11-19(24-13-17)21(29)28-6-5-16-12-25-22(26-20(16)14-28)27-7-9-30-10-8-27/h1-4,11-13,24H,5-10,14H2. The van der Waals surface area contributed by atoms with Gasteiger partial charge in [-0.05, 0) is 41.3 Å². The average Bonchev–Trinajstić information content (AvgIpc) is 3.29. The van der Waals surface area contributed by atoms with E-state index in [9.17, 15) is 9.18 Å². The Hall–Kier alpha value is -3.26. The summed E-state index contributed by atoms with van der Waals surface area (Å²) in [7, 11) is 0. The van der Waals surface area contributed by atoms with Crippen molar-refractivity contribution in [2.45, 2.75) is 13.0 Å². The number of anilines is 1. The molecular weight excluding hydrogens is 385 g/mol. The molecule has 0 saturated carbocycles. The van der Waals surface area contributed by atoms with Crippen molar-refractivity contribution in [3.05, 3.63) is 65.5 Å². The fourth-order valence-electron chi connectivity index (χ4n) is 3.88. The summed E-state index contributed by atoms with van der Waals surface area (Å²) < 4.78 is 18.6. The van der Waals surface area contributed by atoms with Crippen LogP contribution in [-0.2, 0) is 17.7 Å². The first-order valence-electron chi connectivity index (χ1n) is 10.1. The second-order valence-corrected chi connectivity index (χ2v) is 7.53. The second kappa shape index (κ2) is 7.87. The first kappa shape index (κ1) is 18.7. The first-order chi connectivity index (χ1) is 14.7. The van der Waals surface area contributed by atoms with E-state index in [2.05, 4.69) is 14.9 Å². The number of hydrogen-bond donors (Lipinski definition) is 1. The molecule has 1 fully saturated rings. The van der Waals surface area contributed by atoms with Gasteiger partial charge in [-0.25, -0.2) is 14.4 Å². The molecule has 2 aliphatic rings. The normalized spacial score (nSPS) is 16.4. The van der Waals surface area contributed by atoms with E-state index in [0.717, 1.165) is 41.9 Å². The number of carbonyl (C=O) groups excluding carboxylic acids is 1. The van der Waals surface area contributed by atoms with Gasteiger partial charge in [-0.3, -0.25) is 4.79 Å². The fraction of sp³-hybridized carbons (Fsp3) is 0.318. The van der Waals surface area contributed by atoms with Gasteiger partial charge in [0.25, 0.3) is 5.91 Å². The lowest BCUT2D eigenvalue weighted by Crippen LogP contribution is -2.39. The van der Waals surface area contributed by atoms with Crippen molar-refractivity contribution in [2.24, 2.45) is 0 Å². The minimum absolute atomic E-state index is 0.0689. The predicted molar refractivity (Wildman–Crippen MR) is 110 cm³/mol. The number of H-pyrrole nitrogens is 1. The van der Waals surface area contributed by atoms with Crippen LogP contribution in [0.3, 0.4) is 0 Å². The molecule has 0 bridgehead atoms. The number of nitrogens with one attached hydrogen (secondary N) is 1. The van der Waals surface area contributed by atoms with Crippen LogP contribution in [0, 0.1) is 5.82 Å². The molecule has 2 aliphatic heterocycles. The molecule has 1 saturated heterocycles. The van der Waals surface area contributed by atoms with Gasteiger partial charge in [-0.2, -0.15) is 0 Å². The molecule has 1 aromatic carbocycles. The van der Waals surface area contributed by atoms with Gasteiger partial charge < -0.3 is 19.5 Å². The number of carbonyl (C=O) groups is 1. The molecule has 7 nitrogen and oxygen atoms in total. The maximum absolute atomic E-state index is 13.2. The van der Waals surface area contributed by atoms with E-state index in [4.69, 9.17) is 9.72 Å². The number of hydrogen-bond acceptors (Lipinski definition) is 5. The minimum Gasteiger partial charge on any atom is -0.378 e. The van der Waals surface area contributed by atoms with Gasteiger partial charge in [-0.1, -0.05) is 12.1 Å². The summed E-state index contributed by atoms with van der Waals surface area (Å²) >= 11 is 0. The number of morpholine rings is 1. The average molecular weight is 407 g/mol. The highest BCUT2D eigenvalue weighted by atomic mass is 19.1. The fourth-order valence-corrected chi connectivity index (χ4v) is 3.88. The highest BCUT2D eigenvalue weighted by Gasteiger charge is 2.25. The van der Waals surface area contributed by atoms with E-state index < -0.39 is 0 Å². The quantitative estimate of drug-likeness (QED) is 0.723. The van der Waals surface area contributed by atoms with E-state index in [1.807, 2.05) is 12.3 Å². The Morgan fingerprint density at radius 3 is 2.70 bits per heavy atom. The van der Waals surface area contributed by atoms with Crippen molar-refractivity contribution in [3.63, 3.8) is 0 Å². The monoisotopic (exact) mass is 407 g/mol. The Balaban J connectivity index is 1.33. The third kappa shape index (κ3) is 3.66. The van der Waals surface area contributed by atoms with E-state index in [0.29, 0.717) is 37.9 Å². The lowest BCUT2D eigenvalue weighted by atomic mass is 10.1. The molecule has 0 aliphatic carbocycles. The lowest BCUT2D eigenvalue weighted by molar-refractivity contribution is 0.0726. The van der Waals surface area contributed by atoms with Gasteiger partial charge in [-0.15, -0.1) is 0 Å². The number of halogens is 1. The highest BCUT2D eigenvalue weighted by molar-refractivity contribution is 5.94. The van der Waals surface area contributed by atoms with Crippen LogP contribution in [-0.4, -0.2) is 58.6 Å². The van der Waals surface area contributed by atoms with E-state index in [1.54, 1.807) is 23.2 Å². The van der Waals surface area contributed by atoms with Gasteiger partial charge in [0.05, 0.1) is 25.5 Å². The van der Waals surface area contributed by atoms with Crippen LogP contribution in [0.25, 0.3) is 11.1 Å². The summed E-state index contributed by atoms with van der Waals surface area (Å²) in [5.41, 5.74) is 4.22. The second-order valence-electron chi connectivity index (χ2n) is 7.53. The molecule has 5 rings (SSSR count). The van der Waals surface area contributed by atoms with Crippen molar-refractivity contribution in [1.82, 2.24) is 19.9 Å². The maximum atomic E-state index is 13.2. The van der Waals surface area contributed by atoms with E-state index in [1.165, 1.54) is 12.1 Å². The Morgan fingerprint density at radius 2 is 1.90 bits per heavy atom. The van der Waals surface area contributed by atoms with Crippen molar-refractivity contribution < 1.29 is 13.9 Å². The van der Waals surface area contributed by atoms with E-state index >= 15 is 0 Å². The Bertz CT molecular complexity index is 1060. The minimum atomic E-state index is -0.281. The van der Waals surface area contributed by atoms with Crippen molar-refractivity contribution in [1.29, 1.82) is 0 Å². The number of ether oxygens (including phenoxy) is 1. The third-order valence-corrected chi connectivity index (χ3v) is 5.61. The van der Waals surface area contributed by atoms with Gasteiger partial charge >= 0.3 is 0 Å². The highest BCUT2D eigenvalue weighted by Crippen LogP contribution is 2.24. The lowest BCUT2D eigenvalue weighted by Gasteiger charge is -2.30. The van der Waals surface area contributed by atoms with Crippen molar-refractivity contribution >= 4 is 11.9 Å². The maximum Gasteiger partial charge on any atom is 0.270 e. The number of fused-ring (bicyclic) bond motifs is 1. The molecule has 0 atom stereocenters.